The van der Waals surface area contributed by atoms with Crippen molar-refractivity contribution in [2.75, 3.05) is 0 Å². The SMILES string of the molecule is C=CC[C@]1(C(C)=O)CCC2C3C/C=C(\C)CC(O)CCCC3CCC21C. The number of rotatable bonds is 3. The van der Waals surface area contributed by atoms with Gasteiger partial charge < -0.3 is 5.11 Å². The van der Waals surface area contributed by atoms with Gasteiger partial charge >= 0.3 is 0 Å². The highest BCUT2D eigenvalue weighted by molar-refractivity contribution is 5.84. The minimum atomic E-state index is -0.186. The molecular weight excluding hydrogens is 320 g/mol. The Labute approximate surface area is 160 Å². The summed E-state index contributed by atoms with van der Waals surface area (Å²) in [4.78, 5) is 12.8. The fourth-order valence-corrected chi connectivity index (χ4v) is 7.03. The lowest BCUT2D eigenvalue weighted by Gasteiger charge is -2.53. The zero-order chi connectivity index (χ0) is 18.9. The number of fused-ring (bicyclic) bond motifs is 3. The van der Waals surface area contributed by atoms with Crippen molar-refractivity contribution in [3.63, 3.8) is 0 Å². The summed E-state index contributed by atoms with van der Waals surface area (Å²) in [5.41, 5.74) is 1.28. The fourth-order valence-electron chi connectivity index (χ4n) is 7.03. The lowest BCUT2D eigenvalue weighted by molar-refractivity contribution is -0.137. The fraction of sp³-hybridized carbons (Fsp3) is 0.792. The topological polar surface area (TPSA) is 37.3 Å². The molecule has 0 radical (unpaired) electrons. The number of aliphatic hydroxyl groups is 1. The van der Waals surface area contributed by atoms with Gasteiger partial charge in [0.2, 0.25) is 0 Å². The van der Waals surface area contributed by atoms with E-state index in [1.54, 1.807) is 0 Å². The quantitative estimate of drug-likeness (QED) is 0.642. The first-order chi connectivity index (χ1) is 12.3. The van der Waals surface area contributed by atoms with Crippen LogP contribution in [0.2, 0.25) is 0 Å². The first kappa shape index (κ1) is 19.9. The molecule has 0 aliphatic heterocycles. The second-order valence-corrected chi connectivity index (χ2v) is 9.73. The standard InChI is InChI=1S/C24H38O2/c1-5-13-24(18(3)25)15-12-22-21-10-9-17(2)16-20(26)8-6-7-19(21)11-14-23(22,24)4/h5,9,19-22,26H,1,6-8,10-16H2,2-4H3/b17-9+/t19?,20?,21?,22?,23?,24-/m1/s1. The van der Waals surface area contributed by atoms with Gasteiger partial charge in [-0.3, -0.25) is 4.79 Å². The Morgan fingerprint density at radius 1 is 1.31 bits per heavy atom. The van der Waals surface area contributed by atoms with E-state index in [1.165, 1.54) is 31.3 Å². The third-order valence-corrected chi connectivity index (χ3v) is 8.53. The average molecular weight is 359 g/mol. The smallest absolute Gasteiger partial charge is 0.136 e. The van der Waals surface area contributed by atoms with Crippen molar-refractivity contribution < 1.29 is 9.90 Å². The Kier molecular flexibility index (Phi) is 5.82. The first-order valence-corrected chi connectivity index (χ1v) is 10.8. The number of ketones is 1. The molecule has 26 heavy (non-hydrogen) atoms. The highest BCUT2D eigenvalue weighted by Gasteiger charge is 2.62. The molecule has 2 fully saturated rings. The molecule has 2 heteroatoms. The third-order valence-electron chi connectivity index (χ3n) is 8.53. The summed E-state index contributed by atoms with van der Waals surface area (Å²) in [7, 11) is 0. The van der Waals surface area contributed by atoms with Crippen molar-refractivity contribution in [3.05, 3.63) is 24.3 Å². The van der Waals surface area contributed by atoms with Crippen molar-refractivity contribution in [1.82, 2.24) is 0 Å². The van der Waals surface area contributed by atoms with Crippen molar-refractivity contribution in [3.8, 4) is 0 Å². The monoisotopic (exact) mass is 358 g/mol. The second-order valence-electron chi connectivity index (χ2n) is 9.73. The molecule has 0 aromatic heterocycles. The van der Waals surface area contributed by atoms with Crippen LogP contribution in [-0.2, 0) is 4.79 Å². The van der Waals surface area contributed by atoms with Gasteiger partial charge in [-0.2, -0.15) is 0 Å². The predicted molar refractivity (Wildman–Crippen MR) is 108 cm³/mol. The van der Waals surface area contributed by atoms with Gasteiger partial charge in [-0.05, 0) is 88.4 Å². The molecule has 146 valence electrons. The Balaban J connectivity index is 1.92. The zero-order valence-electron chi connectivity index (χ0n) is 17.1. The maximum absolute atomic E-state index is 12.8. The molecule has 6 atom stereocenters. The van der Waals surface area contributed by atoms with E-state index < -0.39 is 0 Å². The van der Waals surface area contributed by atoms with E-state index in [9.17, 15) is 9.90 Å². The molecule has 5 unspecified atom stereocenters. The molecule has 0 aromatic rings. The van der Waals surface area contributed by atoms with Crippen LogP contribution < -0.4 is 0 Å². The molecule has 1 N–H and O–H groups in total. The molecule has 3 rings (SSSR count). The minimum Gasteiger partial charge on any atom is -0.393 e. The van der Waals surface area contributed by atoms with Crippen LogP contribution in [0.3, 0.4) is 0 Å². The second kappa shape index (κ2) is 7.62. The van der Waals surface area contributed by atoms with Gasteiger partial charge in [-0.15, -0.1) is 6.58 Å². The van der Waals surface area contributed by atoms with Gasteiger partial charge in [0.25, 0.3) is 0 Å². The van der Waals surface area contributed by atoms with Crippen LogP contribution in [0.4, 0.5) is 0 Å². The number of carbonyl (C=O) groups is 1. The number of aliphatic hydroxyl groups excluding tert-OH is 1. The van der Waals surface area contributed by atoms with Gasteiger partial charge in [0.15, 0.2) is 0 Å². The highest BCUT2D eigenvalue weighted by Crippen LogP contribution is 2.67. The summed E-state index contributed by atoms with van der Waals surface area (Å²) in [6, 6.07) is 0. The molecule has 0 heterocycles. The number of hydrogen-bond acceptors (Lipinski definition) is 2. The lowest BCUT2D eigenvalue weighted by Crippen LogP contribution is -2.49. The van der Waals surface area contributed by atoms with Crippen LogP contribution >= 0.6 is 0 Å². The van der Waals surface area contributed by atoms with Gasteiger partial charge in [-0.1, -0.05) is 37.5 Å². The van der Waals surface area contributed by atoms with Crippen molar-refractivity contribution in [2.24, 2.45) is 28.6 Å². The molecule has 0 spiro atoms. The van der Waals surface area contributed by atoms with Gasteiger partial charge in [0.1, 0.15) is 5.78 Å². The predicted octanol–water partition coefficient (Wildman–Crippen LogP) is 5.85. The Hall–Kier alpha value is -0.890. The first-order valence-electron chi connectivity index (χ1n) is 10.8. The Morgan fingerprint density at radius 2 is 2.08 bits per heavy atom. The van der Waals surface area contributed by atoms with Crippen LogP contribution in [-0.4, -0.2) is 17.0 Å². The number of hydrogen-bond donors (Lipinski definition) is 1. The summed E-state index contributed by atoms with van der Waals surface area (Å²) >= 11 is 0. The van der Waals surface area contributed by atoms with E-state index in [1.807, 2.05) is 13.0 Å². The summed E-state index contributed by atoms with van der Waals surface area (Å²) in [6.07, 6.45) is 15.0. The molecule has 3 aliphatic carbocycles. The van der Waals surface area contributed by atoms with E-state index in [0.717, 1.165) is 44.4 Å². The normalized spacial score (nSPS) is 45.8. The van der Waals surface area contributed by atoms with Crippen LogP contribution in [0.5, 0.6) is 0 Å². The summed E-state index contributed by atoms with van der Waals surface area (Å²) in [6.45, 7) is 10.4. The molecule has 2 saturated carbocycles. The molecular formula is C24H38O2. The van der Waals surface area contributed by atoms with Crippen LogP contribution in [0.15, 0.2) is 24.3 Å². The summed E-state index contributed by atoms with van der Waals surface area (Å²) in [5, 5.41) is 10.2. The van der Waals surface area contributed by atoms with Crippen molar-refractivity contribution in [1.29, 1.82) is 0 Å². The molecule has 0 bridgehead atoms. The zero-order valence-corrected chi connectivity index (χ0v) is 17.1. The molecule has 0 aromatic carbocycles. The van der Waals surface area contributed by atoms with E-state index in [2.05, 4.69) is 26.5 Å². The van der Waals surface area contributed by atoms with Gasteiger partial charge in [-0.25, -0.2) is 0 Å². The van der Waals surface area contributed by atoms with Crippen LogP contribution in [0, 0.1) is 28.6 Å². The Morgan fingerprint density at radius 3 is 2.77 bits per heavy atom. The molecule has 2 nitrogen and oxygen atoms in total. The Bertz CT molecular complexity index is 577. The maximum Gasteiger partial charge on any atom is 0.136 e. The molecule has 0 saturated heterocycles. The van der Waals surface area contributed by atoms with E-state index in [4.69, 9.17) is 0 Å². The van der Waals surface area contributed by atoms with E-state index >= 15 is 0 Å². The van der Waals surface area contributed by atoms with Crippen LogP contribution in [0.25, 0.3) is 0 Å². The van der Waals surface area contributed by atoms with Crippen molar-refractivity contribution >= 4 is 5.78 Å². The largest absolute Gasteiger partial charge is 0.393 e. The molecule has 0 amide bonds. The van der Waals surface area contributed by atoms with E-state index in [0.29, 0.717) is 17.6 Å². The maximum atomic E-state index is 12.8. The van der Waals surface area contributed by atoms with Crippen molar-refractivity contribution in [2.45, 2.75) is 91.1 Å². The number of Topliss-reactive ketones (excluding diaryl/α,β-unsaturated/α-hetero) is 1. The third kappa shape index (κ3) is 3.23. The number of carbonyl (C=O) groups excluding carboxylic acids is 1. The number of allylic oxidation sites excluding steroid dienone is 2. The van der Waals surface area contributed by atoms with E-state index in [-0.39, 0.29) is 16.9 Å². The lowest BCUT2D eigenvalue weighted by atomic mass is 9.50. The van der Waals surface area contributed by atoms with Gasteiger partial charge in [0.05, 0.1) is 6.10 Å². The summed E-state index contributed by atoms with van der Waals surface area (Å²) in [5.74, 6) is 2.49. The molecule has 3 aliphatic rings. The highest BCUT2D eigenvalue weighted by atomic mass is 16.3. The van der Waals surface area contributed by atoms with Crippen LogP contribution in [0.1, 0.15) is 85.0 Å². The summed E-state index contributed by atoms with van der Waals surface area (Å²) < 4.78 is 0. The average Bonchev–Trinajstić information content (AvgIpc) is 2.88. The minimum absolute atomic E-state index is 0.125. The van der Waals surface area contributed by atoms with Gasteiger partial charge in [0, 0.05) is 5.41 Å².